The summed E-state index contributed by atoms with van der Waals surface area (Å²) in [5.74, 6) is 0.347. The lowest BCUT2D eigenvalue weighted by Crippen LogP contribution is -2.37. The van der Waals surface area contributed by atoms with E-state index in [0.717, 1.165) is 31.6 Å². The van der Waals surface area contributed by atoms with Gasteiger partial charge < -0.3 is 10.6 Å². The maximum atomic E-state index is 12.7. The van der Waals surface area contributed by atoms with Gasteiger partial charge in [0.2, 0.25) is 0 Å². The molecule has 0 radical (unpaired) electrons. The Morgan fingerprint density at radius 3 is 2.36 bits per heavy atom. The van der Waals surface area contributed by atoms with E-state index >= 15 is 0 Å². The van der Waals surface area contributed by atoms with E-state index in [1.54, 1.807) is 48.8 Å². The van der Waals surface area contributed by atoms with Crippen LogP contribution in [0.25, 0.3) is 0 Å². The number of hydrogen-bond donors (Lipinski definition) is 2. The van der Waals surface area contributed by atoms with Crippen LogP contribution < -0.4 is 10.6 Å². The van der Waals surface area contributed by atoms with Gasteiger partial charge in [-0.2, -0.15) is 0 Å². The van der Waals surface area contributed by atoms with Gasteiger partial charge >= 0.3 is 0 Å². The summed E-state index contributed by atoms with van der Waals surface area (Å²) in [6.45, 7) is 2.25. The first kappa shape index (κ1) is 17.1. The van der Waals surface area contributed by atoms with Gasteiger partial charge in [-0.25, -0.2) is 0 Å². The fourth-order valence-corrected chi connectivity index (χ4v) is 3.16. The van der Waals surface area contributed by atoms with E-state index in [1.165, 1.54) is 0 Å². The van der Waals surface area contributed by atoms with Gasteiger partial charge in [-0.05, 0) is 55.9 Å². The second-order valence-corrected chi connectivity index (χ2v) is 6.67. The summed E-state index contributed by atoms with van der Waals surface area (Å²) in [4.78, 5) is 28.9. The number of nitrogens with one attached hydrogen (secondary N) is 2. The second kappa shape index (κ2) is 7.92. The predicted octanol–water partition coefficient (Wildman–Crippen LogP) is 3.64. The summed E-state index contributed by atoms with van der Waals surface area (Å²) in [6.07, 6.45) is 7.45. The molecule has 2 amide bonds. The van der Waals surface area contributed by atoms with E-state index in [0.29, 0.717) is 16.8 Å². The van der Waals surface area contributed by atoms with Gasteiger partial charge in [-0.15, -0.1) is 0 Å². The molecule has 0 unspecified atom stereocenters. The van der Waals surface area contributed by atoms with Crippen molar-refractivity contribution in [1.82, 2.24) is 10.3 Å². The largest absolute Gasteiger partial charge is 0.349 e. The molecule has 25 heavy (non-hydrogen) atoms. The summed E-state index contributed by atoms with van der Waals surface area (Å²) in [5, 5.41) is 5.93. The van der Waals surface area contributed by atoms with E-state index in [9.17, 15) is 9.59 Å². The third kappa shape index (κ3) is 4.44. The topological polar surface area (TPSA) is 71.1 Å². The molecule has 5 heteroatoms. The number of carbonyl (C=O) groups is 2. The minimum absolute atomic E-state index is 0.134. The monoisotopic (exact) mass is 337 g/mol. The van der Waals surface area contributed by atoms with E-state index < -0.39 is 0 Å². The van der Waals surface area contributed by atoms with Crippen LogP contribution in [0.3, 0.4) is 0 Å². The molecule has 130 valence electrons. The number of benzene rings is 1. The van der Waals surface area contributed by atoms with Crippen molar-refractivity contribution < 1.29 is 9.59 Å². The maximum Gasteiger partial charge on any atom is 0.255 e. The van der Waals surface area contributed by atoms with Crippen LogP contribution in [0, 0.1) is 5.92 Å². The number of anilines is 1. The third-order valence-corrected chi connectivity index (χ3v) is 4.71. The van der Waals surface area contributed by atoms with Gasteiger partial charge in [0.15, 0.2) is 0 Å². The molecule has 5 nitrogen and oxygen atoms in total. The quantitative estimate of drug-likeness (QED) is 0.895. The highest BCUT2D eigenvalue weighted by Gasteiger charge is 2.21. The minimum Gasteiger partial charge on any atom is -0.349 e. The number of aromatic nitrogens is 1. The molecule has 0 bridgehead atoms. The number of rotatable bonds is 4. The lowest BCUT2D eigenvalue weighted by molar-refractivity contribution is 0.0924. The molecular formula is C20H23N3O2. The smallest absolute Gasteiger partial charge is 0.255 e. The highest BCUT2D eigenvalue weighted by Crippen LogP contribution is 2.24. The van der Waals surface area contributed by atoms with Crippen LogP contribution in [0.2, 0.25) is 0 Å². The van der Waals surface area contributed by atoms with Crippen molar-refractivity contribution in [2.75, 3.05) is 5.32 Å². The fraction of sp³-hybridized carbons (Fsp3) is 0.350. The van der Waals surface area contributed by atoms with Crippen LogP contribution in [0.5, 0.6) is 0 Å². The van der Waals surface area contributed by atoms with Gasteiger partial charge in [-0.1, -0.05) is 19.1 Å². The zero-order chi connectivity index (χ0) is 17.6. The number of hydrogen-bond acceptors (Lipinski definition) is 3. The molecule has 1 saturated carbocycles. The molecule has 3 rings (SSSR count). The number of nitrogens with zero attached hydrogens (tertiary/aromatic N) is 1. The first-order chi connectivity index (χ1) is 12.1. The molecule has 1 heterocycles. The SMILES string of the molecule is CC1CCC(NC(=O)c2ccccc2NC(=O)c2ccncc2)CC1. The zero-order valence-corrected chi connectivity index (χ0v) is 14.4. The van der Waals surface area contributed by atoms with Gasteiger partial charge in [0.25, 0.3) is 11.8 Å². The Bertz CT molecular complexity index is 738. The predicted molar refractivity (Wildman–Crippen MR) is 97.5 cm³/mol. The molecule has 1 fully saturated rings. The lowest BCUT2D eigenvalue weighted by atomic mass is 9.87. The van der Waals surface area contributed by atoms with Crippen molar-refractivity contribution in [1.29, 1.82) is 0 Å². The molecule has 0 aliphatic heterocycles. The average Bonchev–Trinajstić information content (AvgIpc) is 2.64. The molecule has 2 aromatic rings. The summed E-state index contributed by atoms with van der Waals surface area (Å²) in [7, 11) is 0. The molecule has 0 saturated heterocycles. The zero-order valence-electron chi connectivity index (χ0n) is 14.4. The third-order valence-electron chi connectivity index (χ3n) is 4.71. The van der Waals surface area contributed by atoms with Gasteiger partial charge in [-0.3, -0.25) is 14.6 Å². The molecule has 2 N–H and O–H groups in total. The Kier molecular flexibility index (Phi) is 5.43. The second-order valence-electron chi connectivity index (χ2n) is 6.67. The minimum atomic E-state index is -0.255. The number of amides is 2. The van der Waals surface area contributed by atoms with Crippen LogP contribution in [0.15, 0.2) is 48.8 Å². The van der Waals surface area contributed by atoms with Gasteiger partial charge in [0.05, 0.1) is 11.3 Å². The molecule has 1 aromatic carbocycles. The Hall–Kier alpha value is -2.69. The van der Waals surface area contributed by atoms with Gasteiger partial charge in [0.1, 0.15) is 0 Å². The lowest BCUT2D eigenvalue weighted by Gasteiger charge is -2.27. The highest BCUT2D eigenvalue weighted by atomic mass is 16.2. The van der Waals surface area contributed by atoms with E-state index in [4.69, 9.17) is 0 Å². The van der Waals surface area contributed by atoms with E-state index in [-0.39, 0.29) is 17.9 Å². The van der Waals surface area contributed by atoms with Crippen molar-refractivity contribution >= 4 is 17.5 Å². The van der Waals surface area contributed by atoms with Crippen molar-refractivity contribution in [2.45, 2.75) is 38.6 Å². The van der Waals surface area contributed by atoms with E-state index in [1.807, 2.05) is 0 Å². The standard InChI is InChI=1S/C20H23N3O2/c1-14-6-8-16(9-7-14)22-20(25)17-4-2-3-5-18(17)23-19(24)15-10-12-21-13-11-15/h2-5,10-14,16H,6-9H2,1H3,(H,22,25)(H,23,24). The number of carbonyl (C=O) groups excluding carboxylic acids is 2. The number of pyridine rings is 1. The summed E-state index contributed by atoms with van der Waals surface area (Å²) in [6, 6.07) is 10.6. The molecular weight excluding hydrogens is 314 g/mol. The maximum absolute atomic E-state index is 12.7. The van der Waals surface area contributed by atoms with Crippen LogP contribution in [-0.4, -0.2) is 22.8 Å². The normalized spacial score (nSPS) is 19.9. The molecule has 1 aromatic heterocycles. The Labute approximate surface area is 147 Å². The van der Waals surface area contributed by atoms with Crippen molar-refractivity contribution in [3.8, 4) is 0 Å². The first-order valence-corrected chi connectivity index (χ1v) is 8.75. The average molecular weight is 337 g/mol. The molecule has 1 aliphatic carbocycles. The number of para-hydroxylation sites is 1. The summed E-state index contributed by atoms with van der Waals surface area (Å²) < 4.78 is 0. The molecule has 0 atom stereocenters. The van der Waals surface area contributed by atoms with E-state index in [2.05, 4.69) is 22.5 Å². The summed E-state index contributed by atoms with van der Waals surface area (Å²) in [5.41, 5.74) is 1.51. The van der Waals surface area contributed by atoms with Crippen molar-refractivity contribution in [3.63, 3.8) is 0 Å². The molecule has 1 aliphatic rings. The van der Waals surface area contributed by atoms with Gasteiger partial charge in [0, 0.05) is 24.0 Å². The summed E-state index contributed by atoms with van der Waals surface area (Å²) >= 11 is 0. The highest BCUT2D eigenvalue weighted by molar-refractivity contribution is 6.08. The fourth-order valence-electron chi connectivity index (χ4n) is 3.16. The van der Waals surface area contributed by atoms with Crippen LogP contribution >= 0.6 is 0 Å². The van der Waals surface area contributed by atoms with Crippen molar-refractivity contribution in [2.24, 2.45) is 5.92 Å². The van der Waals surface area contributed by atoms with Crippen LogP contribution in [0.1, 0.15) is 53.3 Å². The van der Waals surface area contributed by atoms with Crippen LogP contribution in [-0.2, 0) is 0 Å². The molecule has 0 spiro atoms. The Morgan fingerprint density at radius 2 is 1.64 bits per heavy atom. The Balaban J connectivity index is 1.70. The Morgan fingerprint density at radius 1 is 0.960 bits per heavy atom. The van der Waals surface area contributed by atoms with Crippen LogP contribution in [0.4, 0.5) is 5.69 Å². The van der Waals surface area contributed by atoms with Crippen molar-refractivity contribution in [3.05, 3.63) is 59.9 Å². The first-order valence-electron chi connectivity index (χ1n) is 8.75.